The number of imidazole rings is 1. The Labute approximate surface area is 187 Å². The third-order valence-corrected chi connectivity index (χ3v) is 5.29. The average Bonchev–Trinajstić information content (AvgIpc) is 3.28. The molecule has 0 bridgehead atoms. The summed E-state index contributed by atoms with van der Waals surface area (Å²) in [7, 11) is 0. The van der Waals surface area contributed by atoms with Crippen LogP contribution in [0.15, 0.2) is 91.1 Å². The maximum Gasteiger partial charge on any atom is 0.237 e. The molecule has 32 heavy (non-hydrogen) atoms. The van der Waals surface area contributed by atoms with E-state index in [1.807, 2.05) is 72.8 Å². The van der Waals surface area contributed by atoms with Gasteiger partial charge >= 0.3 is 0 Å². The summed E-state index contributed by atoms with van der Waals surface area (Å²) in [5.74, 6) is 0.355. The van der Waals surface area contributed by atoms with Crippen LogP contribution in [0, 0.1) is 0 Å². The van der Waals surface area contributed by atoms with Crippen molar-refractivity contribution in [1.29, 1.82) is 0 Å². The standard InChI is InChI=1S/C26H27N5O/c27-26-30-18-24(31-26)22-13-7-12-21(14-22)17-29-25(32)23(15-19-8-3-1-4-9-19)28-16-20-10-5-2-6-11-20/h1-14,18,23,28H,15-17H2,(H,29,32)(H3,27,30,31). The first-order valence-electron chi connectivity index (χ1n) is 10.7. The van der Waals surface area contributed by atoms with Crippen molar-refractivity contribution in [3.05, 3.63) is 108 Å². The number of benzene rings is 3. The zero-order chi connectivity index (χ0) is 22.2. The van der Waals surface area contributed by atoms with Crippen molar-refractivity contribution in [2.75, 3.05) is 5.73 Å². The number of amides is 1. The molecular formula is C26H27N5O. The molecular weight excluding hydrogens is 398 g/mol. The van der Waals surface area contributed by atoms with Crippen LogP contribution in [0.25, 0.3) is 11.3 Å². The third-order valence-electron chi connectivity index (χ3n) is 5.29. The summed E-state index contributed by atoms with van der Waals surface area (Å²) >= 11 is 0. The van der Waals surface area contributed by atoms with Gasteiger partial charge in [0.1, 0.15) is 0 Å². The summed E-state index contributed by atoms with van der Waals surface area (Å²) < 4.78 is 0. The van der Waals surface area contributed by atoms with Gasteiger partial charge in [0.15, 0.2) is 5.95 Å². The minimum atomic E-state index is -0.340. The molecule has 1 aromatic heterocycles. The number of nitrogens with one attached hydrogen (secondary N) is 3. The highest BCUT2D eigenvalue weighted by atomic mass is 16.2. The number of hydrogen-bond acceptors (Lipinski definition) is 4. The summed E-state index contributed by atoms with van der Waals surface area (Å²) in [4.78, 5) is 20.2. The van der Waals surface area contributed by atoms with Gasteiger partial charge in [-0.15, -0.1) is 0 Å². The second-order valence-corrected chi connectivity index (χ2v) is 7.71. The Bertz CT molecular complexity index is 1140. The predicted molar refractivity (Wildman–Crippen MR) is 127 cm³/mol. The highest BCUT2D eigenvalue weighted by Gasteiger charge is 2.18. The fraction of sp³-hybridized carbons (Fsp3) is 0.154. The SMILES string of the molecule is Nc1ncc(-c2cccc(CNC(=O)C(Cc3ccccc3)NCc3ccccc3)c2)[nH]1. The number of aromatic amines is 1. The molecule has 5 N–H and O–H groups in total. The van der Waals surface area contributed by atoms with Gasteiger partial charge in [0.05, 0.1) is 17.9 Å². The molecule has 1 heterocycles. The Morgan fingerprint density at radius 1 is 0.875 bits per heavy atom. The second kappa shape index (κ2) is 10.4. The minimum Gasteiger partial charge on any atom is -0.369 e. The molecule has 4 aromatic rings. The van der Waals surface area contributed by atoms with Crippen molar-refractivity contribution >= 4 is 11.9 Å². The molecule has 6 heteroatoms. The van der Waals surface area contributed by atoms with E-state index >= 15 is 0 Å². The molecule has 3 aromatic carbocycles. The zero-order valence-corrected chi connectivity index (χ0v) is 17.8. The molecule has 1 unspecified atom stereocenters. The normalized spacial score (nSPS) is 11.8. The van der Waals surface area contributed by atoms with E-state index in [4.69, 9.17) is 5.73 Å². The quantitative estimate of drug-likeness (QED) is 0.329. The molecule has 0 aliphatic carbocycles. The van der Waals surface area contributed by atoms with Crippen LogP contribution >= 0.6 is 0 Å². The van der Waals surface area contributed by atoms with Gasteiger partial charge in [0, 0.05) is 13.1 Å². The molecule has 6 nitrogen and oxygen atoms in total. The zero-order valence-electron chi connectivity index (χ0n) is 17.8. The topological polar surface area (TPSA) is 95.8 Å². The molecule has 0 radical (unpaired) electrons. The lowest BCUT2D eigenvalue weighted by Gasteiger charge is -2.19. The fourth-order valence-electron chi connectivity index (χ4n) is 3.59. The number of H-pyrrole nitrogens is 1. The van der Waals surface area contributed by atoms with Gasteiger partial charge < -0.3 is 21.4 Å². The van der Waals surface area contributed by atoms with Crippen LogP contribution in [0.4, 0.5) is 5.95 Å². The number of nitrogen functional groups attached to an aromatic ring is 1. The highest BCUT2D eigenvalue weighted by molar-refractivity contribution is 5.82. The lowest BCUT2D eigenvalue weighted by molar-refractivity contribution is -0.123. The van der Waals surface area contributed by atoms with Gasteiger partial charge in [-0.25, -0.2) is 4.98 Å². The molecule has 0 saturated heterocycles. The maximum absolute atomic E-state index is 13.1. The van der Waals surface area contributed by atoms with Crippen molar-refractivity contribution in [2.24, 2.45) is 0 Å². The van der Waals surface area contributed by atoms with E-state index in [0.717, 1.165) is 27.9 Å². The monoisotopic (exact) mass is 425 g/mol. The number of nitrogens with zero attached hydrogens (tertiary/aromatic N) is 1. The van der Waals surface area contributed by atoms with E-state index in [-0.39, 0.29) is 11.9 Å². The number of anilines is 1. The second-order valence-electron chi connectivity index (χ2n) is 7.71. The number of hydrogen-bond donors (Lipinski definition) is 4. The van der Waals surface area contributed by atoms with E-state index in [0.29, 0.717) is 25.5 Å². The number of carbonyl (C=O) groups is 1. The van der Waals surface area contributed by atoms with E-state index < -0.39 is 0 Å². The Kier molecular flexibility index (Phi) is 6.94. The summed E-state index contributed by atoms with van der Waals surface area (Å²) in [5.41, 5.74) is 10.8. The molecule has 1 amide bonds. The van der Waals surface area contributed by atoms with Gasteiger partial charge in [-0.1, -0.05) is 78.9 Å². The highest BCUT2D eigenvalue weighted by Crippen LogP contribution is 2.19. The van der Waals surface area contributed by atoms with Crippen LogP contribution in [0.5, 0.6) is 0 Å². The van der Waals surface area contributed by atoms with Crippen LogP contribution < -0.4 is 16.4 Å². The first-order valence-corrected chi connectivity index (χ1v) is 10.7. The van der Waals surface area contributed by atoms with Crippen LogP contribution in [-0.4, -0.2) is 21.9 Å². The van der Waals surface area contributed by atoms with Gasteiger partial charge in [0.25, 0.3) is 0 Å². The number of nitrogens with two attached hydrogens (primary N) is 1. The Hall–Kier alpha value is -3.90. The molecule has 0 aliphatic rings. The lowest BCUT2D eigenvalue weighted by Crippen LogP contribution is -2.45. The smallest absolute Gasteiger partial charge is 0.237 e. The van der Waals surface area contributed by atoms with Crippen LogP contribution in [0.1, 0.15) is 16.7 Å². The van der Waals surface area contributed by atoms with Gasteiger partial charge in [-0.3, -0.25) is 4.79 Å². The van der Waals surface area contributed by atoms with Crippen molar-refractivity contribution in [3.8, 4) is 11.3 Å². The largest absolute Gasteiger partial charge is 0.369 e. The first-order chi connectivity index (χ1) is 15.7. The molecule has 0 fully saturated rings. The Balaban J connectivity index is 1.42. The van der Waals surface area contributed by atoms with Gasteiger partial charge in [-0.05, 0) is 34.7 Å². The fourth-order valence-corrected chi connectivity index (χ4v) is 3.59. The number of aromatic nitrogens is 2. The van der Waals surface area contributed by atoms with Gasteiger partial charge in [-0.2, -0.15) is 0 Å². The number of rotatable bonds is 9. The predicted octanol–water partition coefficient (Wildman–Crippen LogP) is 3.68. The molecule has 162 valence electrons. The molecule has 4 rings (SSSR count). The van der Waals surface area contributed by atoms with Crippen LogP contribution in [-0.2, 0) is 24.3 Å². The summed E-state index contributed by atoms with van der Waals surface area (Å²) in [6.45, 7) is 1.07. The average molecular weight is 426 g/mol. The minimum absolute atomic E-state index is 0.0269. The van der Waals surface area contributed by atoms with E-state index in [1.165, 1.54) is 0 Å². The summed E-state index contributed by atoms with van der Waals surface area (Å²) in [5, 5.41) is 6.51. The van der Waals surface area contributed by atoms with E-state index in [1.54, 1.807) is 6.20 Å². The maximum atomic E-state index is 13.1. The van der Waals surface area contributed by atoms with E-state index in [9.17, 15) is 4.79 Å². The van der Waals surface area contributed by atoms with E-state index in [2.05, 4.69) is 32.7 Å². The Morgan fingerprint density at radius 3 is 2.25 bits per heavy atom. The van der Waals surface area contributed by atoms with Crippen molar-refractivity contribution in [1.82, 2.24) is 20.6 Å². The van der Waals surface area contributed by atoms with Crippen molar-refractivity contribution in [2.45, 2.75) is 25.6 Å². The molecule has 0 saturated carbocycles. The van der Waals surface area contributed by atoms with Crippen molar-refractivity contribution in [3.63, 3.8) is 0 Å². The summed E-state index contributed by atoms with van der Waals surface area (Å²) in [6.07, 6.45) is 2.32. The summed E-state index contributed by atoms with van der Waals surface area (Å²) in [6, 6.07) is 27.8. The molecule has 0 aliphatic heterocycles. The van der Waals surface area contributed by atoms with Gasteiger partial charge in [0.2, 0.25) is 5.91 Å². The Morgan fingerprint density at radius 2 is 1.56 bits per heavy atom. The first kappa shape index (κ1) is 21.3. The van der Waals surface area contributed by atoms with Crippen LogP contribution in [0.3, 0.4) is 0 Å². The van der Waals surface area contributed by atoms with Crippen molar-refractivity contribution < 1.29 is 4.79 Å². The third kappa shape index (κ3) is 5.83. The molecule has 1 atom stereocenters. The lowest BCUT2D eigenvalue weighted by atomic mass is 10.0. The number of carbonyl (C=O) groups excluding carboxylic acids is 1. The van der Waals surface area contributed by atoms with Crippen LogP contribution in [0.2, 0.25) is 0 Å². The molecule has 0 spiro atoms.